The molecule has 0 aliphatic carbocycles. The molecule has 0 amide bonds. The van der Waals surface area contributed by atoms with Crippen LogP contribution in [0.15, 0.2) is 21.5 Å². The molecule has 0 atom stereocenters. The van der Waals surface area contributed by atoms with Crippen LogP contribution in [0.5, 0.6) is 0 Å². The molecule has 0 spiro atoms. The molecule has 20 heavy (non-hydrogen) atoms. The van der Waals surface area contributed by atoms with Gasteiger partial charge in [0, 0.05) is 17.1 Å². The minimum absolute atomic E-state index is 0.282. The van der Waals surface area contributed by atoms with Crippen molar-refractivity contribution in [2.24, 2.45) is 5.41 Å². The van der Waals surface area contributed by atoms with Crippen molar-refractivity contribution in [3.05, 3.63) is 28.2 Å². The van der Waals surface area contributed by atoms with Gasteiger partial charge in [-0.1, -0.05) is 0 Å². The van der Waals surface area contributed by atoms with Crippen LogP contribution in [0.3, 0.4) is 0 Å². The van der Waals surface area contributed by atoms with E-state index in [9.17, 15) is 22.0 Å². The maximum atomic E-state index is 13.6. The van der Waals surface area contributed by atoms with Gasteiger partial charge in [-0.15, -0.1) is 0 Å². The number of hydrogen-bond donors (Lipinski definition) is 2. The van der Waals surface area contributed by atoms with E-state index in [1.54, 1.807) is 0 Å². The van der Waals surface area contributed by atoms with Gasteiger partial charge in [-0.25, -0.2) is 21.9 Å². The van der Waals surface area contributed by atoms with Crippen LogP contribution in [0.25, 0.3) is 0 Å². The van der Waals surface area contributed by atoms with Gasteiger partial charge in [-0.3, -0.25) is 4.79 Å². The molecule has 0 heterocycles. The van der Waals surface area contributed by atoms with Crippen LogP contribution < -0.4 is 4.72 Å². The molecular formula is C11H12BrF2NO4S. The van der Waals surface area contributed by atoms with Crippen molar-refractivity contribution in [3.63, 3.8) is 0 Å². The SMILES string of the molecule is CC(C)(CNS(=O)(=O)c1c(F)cc(F)cc1Br)C(=O)O. The Morgan fingerprint density at radius 1 is 1.40 bits per heavy atom. The maximum absolute atomic E-state index is 13.6. The van der Waals surface area contributed by atoms with E-state index in [1.165, 1.54) is 13.8 Å². The molecule has 0 bridgehead atoms. The lowest BCUT2D eigenvalue weighted by Crippen LogP contribution is -2.39. The van der Waals surface area contributed by atoms with Crippen molar-refractivity contribution in [2.75, 3.05) is 6.54 Å². The molecule has 0 saturated carbocycles. The monoisotopic (exact) mass is 371 g/mol. The Kier molecular flexibility index (Phi) is 4.88. The van der Waals surface area contributed by atoms with Crippen LogP contribution in [0.4, 0.5) is 8.78 Å². The zero-order valence-corrected chi connectivity index (χ0v) is 13.0. The zero-order chi connectivity index (χ0) is 15.7. The highest BCUT2D eigenvalue weighted by atomic mass is 79.9. The van der Waals surface area contributed by atoms with Crippen molar-refractivity contribution in [2.45, 2.75) is 18.7 Å². The fraction of sp³-hybridized carbons (Fsp3) is 0.364. The summed E-state index contributed by atoms with van der Waals surface area (Å²) in [5.41, 5.74) is -1.37. The second-order valence-corrected chi connectivity index (χ2v) is 7.27. The topological polar surface area (TPSA) is 83.5 Å². The predicted octanol–water partition coefficient (Wildman–Crippen LogP) is 2.12. The van der Waals surface area contributed by atoms with E-state index in [-0.39, 0.29) is 4.47 Å². The Hall–Kier alpha value is -1.06. The van der Waals surface area contributed by atoms with Crippen LogP contribution in [0, 0.1) is 17.0 Å². The normalized spacial score (nSPS) is 12.4. The molecule has 0 aliphatic heterocycles. The van der Waals surface area contributed by atoms with Gasteiger partial charge in [-0.05, 0) is 35.8 Å². The molecule has 0 aromatic heterocycles. The minimum atomic E-state index is -4.31. The Balaban J connectivity index is 3.11. The van der Waals surface area contributed by atoms with Gasteiger partial charge < -0.3 is 5.11 Å². The zero-order valence-electron chi connectivity index (χ0n) is 10.6. The van der Waals surface area contributed by atoms with E-state index in [1.807, 2.05) is 4.72 Å². The van der Waals surface area contributed by atoms with E-state index in [2.05, 4.69) is 15.9 Å². The number of rotatable bonds is 5. The molecule has 1 rings (SSSR count). The van der Waals surface area contributed by atoms with Gasteiger partial charge in [0.1, 0.15) is 16.5 Å². The van der Waals surface area contributed by atoms with Gasteiger partial charge in [0.05, 0.1) is 5.41 Å². The third-order valence-electron chi connectivity index (χ3n) is 2.51. The standard InChI is InChI=1S/C11H12BrF2NO4S/c1-11(2,10(16)17)5-15-20(18,19)9-7(12)3-6(13)4-8(9)14/h3-4,15H,5H2,1-2H3,(H,16,17). The number of carbonyl (C=O) groups is 1. The third kappa shape index (κ3) is 3.74. The second-order valence-electron chi connectivity index (χ2n) is 4.71. The Morgan fingerprint density at radius 3 is 2.40 bits per heavy atom. The van der Waals surface area contributed by atoms with Crippen LogP contribution in [-0.2, 0) is 14.8 Å². The number of carboxylic acids is 1. The van der Waals surface area contributed by atoms with Crippen molar-refractivity contribution in [1.82, 2.24) is 4.72 Å². The van der Waals surface area contributed by atoms with E-state index < -0.39 is 44.5 Å². The summed E-state index contributed by atoms with van der Waals surface area (Å²) in [6.45, 7) is 2.19. The van der Waals surface area contributed by atoms with Crippen LogP contribution >= 0.6 is 15.9 Å². The van der Waals surface area contributed by atoms with E-state index >= 15 is 0 Å². The van der Waals surface area contributed by atoms with E-state index in [0.29, 0.717) is 6.07 Å². The molecule has 0 aliphatic rings. The van der Waals surface area contributed by atoms with Crippen molar-refractivity contribution in [1.29, 1.82) is 0 Å². The van der Waals surface area contributed by atoms with Gasteiger partial charge in [0.15, 0.2) is 0 Å². The summed E-state index contributed by atoms with van der Waals surface area (Å²) >= 11 is 2.77. The first-order chi connectivity index (χ1) is 8.97. The Morgan fingerprint density at radius 2 is 1.95 bits per heavy atom. The largest absolute Gasteiger partial charge is 0.481 e. The molecule has 1 aromatic carbocycles. The fourth-order valence-corrected chi connectivity index (χ4v) is 3.58. The summed E-state index contributed by atoms with van der Waals surface area (Å²) in [6, 6.07) is 1.24. The summed E-state index contributed by atoms with van der Waals surface area (Å²) in [7, 11) is -4.31. The lowest BCUT2D eigenvalue weighted by molar-refractivity contribution is -0.146. The van der Waals surface area contributed by atoms with Gasteiger partial charge in [-0.2, -0.15) is 0 Å². The molecule has 2 N–H and O–H groups in total. The maximum Gasteiger partial charge on any atom is 0.310 e. The molecule has 0 fully saturated rings. The fourth-order valence-electron chi connectivity index (χ4n) is 1.21. The quantitative estimate of drug-likeness (QED) is 0.830. The molecule has 0 unspecified atom stereocenters. The summed E-state index contributed by atoms with van der Waals surface area (Å²) in [5.74, 6) is -3.41. The number of halogens is 3. The summed E-state index contributed by atoms with van der Waals surface area (Å²) in [5, 5.41) is 8.89. The minimum Gasteiger partial charge on any atom is -0.481 e. The van der Waals surface area contributed by atoms with Gasteiger partial charge in [0.2, 0.25) is 10.0 Å². The summed E-state index contributed by atoms with van der Waals surface area (Å²) in [6.07, 6.45) is 0. The molecule has 5 nitrogen and oxygen atoms in total. The van der Waals surface area contributed by atoms with Crippen molar-refractivity contribution in [3.8, 4) is 0 Å². The number of benzene rings is 1. The lowest BCUT2D eigenvalue weighted by atomic mass is 9.95. The highest BCUT2D eigenvalue weighted by Crippen LogP contribution is 2.26. The van der Waals surface area contributed by atoms with E-state index in [4.69, 9.17) is 5.11 Å². The van der Waals surface area contributed by atoms with Gasteiger partial charge >= 0.3 is 5.97 Å². The first-order valence-electron chi connectivity index (χ1n) is 5.35. The lowest BCUT2D eigenvalue weighted by Gasteiger charge is -2.19. The predicted molar refractivity (Wildman–Crippen MR) is 70.7 cm³/mol. The van der Waals surface area contributed by atoms with Crippen molar-refractivity contribution >= 4 is 31.9 Å². The molecule has 0 saturated heterocycles. The molecular weight excluding hydrogens is 360 g/mol. The highest BCUT2D eigenvalue weighted by molar-refractivity contribution is 9.10. The highest BCUT2D eigenvalue weighted by Gasteiger charge is 2.31. The molecule has 112 valence electrons. The number of carboxylic acid groups (broad SMARTS) is 1. The van der Waals surface area contributed by atoms with Crippen molar-refractivity contribution < 1.29 is 27.1 Å². The molecule has 9 heteroatoms. The Bertz CT molecular complexity index is 623. The first-order valence-corrected chi connectivity index (χ1v) is 7.62. The number of hydrogen-bond acceptors (Lipinski definition) is 3. The Labute approximate surface area is 123 Å². The molecule has 1 aromatic rings. The smallest absolute Gasteiger partial charge is 0.310 e. The van der Waals surface area contributed by atoms with Crippen LogP contribution in [0.1, 0.15) is 13.8 Å². The first kappa shape index (κ1) is 17.0. The average Bonchev–Trinajstić information content (AvgIpc) is 2.24. The summed E-state index contributed by atoms with van der Waals surface area (Å²) < 4.78 is 52.1. The van der Waals surface area contributed by atoms with Crippen LogP contribution in [0.2, 0.25) is 0 Å². The number of sulfonamides is 1. The number of nitrogens with one attached hydrogen (secondary N) is 1. The molecule has 0 radical (unpaired) electrons. The second kappa shape index (κ2) is 5.74. The third-order valence-corrected chi connectivity index (χ3v) is 4.88. The van der Waals surface area contributed by atoms with E-state index in [0.717, 1.165) is 6.07 Å². The summed E-state index contributed by atoms with van der Waals surface area (Å²) in [4.78, 5) is 10.1. The average molecular weight is 372 g/mol. The van der Waals surface area contributed by atoms with Gasteiger partial charge in [0.25, 0.3) is 0 Å². The van der Waals surface area contributed by atoms with Crippen LogP contribution in [-0.4, -0.2) is 26.0 Å². The number of aliphatic carboxylic acids is 1.